The van der Waals surface area contributed by atoms with Gasteiger partial charge in [-0.25, -0.2) is 9.07 Å². The van der Waals surface area contributed by atoms with Gasteiger partial charge in [-0.05, 0) is 30.5 Å². The highest BCUT2D eigenvalue weighted by atomic mass is 19.1. The molecule has 0 atom stereocenters. The van der Waals surface area contributed by atoms with E-state index >= 15 is 0 Å². The smallest absolute Gasteiger partial charge is 0.129 e. The second-order valence-electron chi connectivity index (χ2n) is 4.84. The fourth-order valence-electron chi connectivity index (χ4n) is 2.10. The summed E-state index contributed by atoms with van der Waals surface area (Å²) in [5.41, 5.74) is 3.18. The molecule has 0 aliphatic rings. The molecule has 5 nitrogen and oxygen atoms in total. The molecule has 108 valence electrons. The van der Waals surface area contributed by atoms with Crippen molar-refractivity contribution in [1.82, 2.24) is 20.3 Å². The Hall–Kier alpha value is -1.79. The van der Waals surface area contributed by atoms with E-state index in [-0.39, 0.29) is 12.4 Å². The quantitative estimate of drug-likeness (QED) is 0.836. The predicted octanol–water partition coefficient (Wildman–Crippen LogP) is 1.32. The van der Waals surface area contributed by atoms with Crippen molar-refractivity contribution >= 4 is 0 Å². The number of hydrogen-bond acceptors (Lipinski definition) is 4. The van der Waals surface area contributed by atoms with E-state index in [1.54, 1.807) is 24.7 Å². The van der Waals surface area contributed by atoms with E-state index < -0.39 is 0 Å². The Balaban J connectivity index is 1.89. The normalized spacial score (nSPS) is 11.0. The standard InChI is InChI=1S/C14H19FN4O/c1-10-5-12(6-11(2)14(10)15)7-16-8-13-9-19(3-4-20)18-17-13/h5-6,9,16,20H,3-4,7-8H2,1-2H3. The first-order valence-corrected chi connectivity index (χ1v) is 6.56. The number of benzene rings is 1. The van der Waals surface area contributed by atoms with Crippen molar-refractivity contribution in [3.8, 4) is 0 Å². The maximum absolute atomic E-state index is 13.5. The highest BCUT2D eigenvalue weighted by Gasteiger charge is 2.05. The Morgan fingerprint density at radius 2 is 1.95 bits per heavy atom. The summed E-state index contributed by atoms with van der Waals surface area (Å²) in [4.78, 5) is 0. The van der Waals surface area contributed by atoms with Gasteiger partial charge in [0.15, 0.2) is 0 Å². The number of aliphatic hydroxyl groups is 1. The maximum Gasteiger partial charge on any atom is 0.129 e. The number of hydrogen-bond donors (Lipinski definition) is 2. The molecule has 0 bridgehead atoms. The molecule has 1 aromatic carbocycles. The number of nitrogens with one attached hydrogen (secondary N) is 1. The van der Waals surface area contributed by atoms with Crippen LogP contribution in [0.4, 0.5) is 4.39 Å². The van der Waals surface area contributed by atoms with Gasteiger partial charge in [-0.2, -0.15) is 0 Å². The lowest BCUT2D eigenvalue weighted by atomic mass is 10.1. The Morgan fingerprint density at radius 1 is 1.25 bits per heavy atom. The molecule has 1 heterocycles. The van der Waals surface area contributed by atoms with Crippen molar-refractivity contribution in [2.75, 3.05) is 6.61 Å². The van der Waals surface area contributed by atoms with E-state index in [4.69, 9.17) is 5.11 Å². The Kier molecular flexibility index (Phi) is 4.81. The predicted molar refractivity (Wildman–Crippen MR) is 73.5 cm³/mol. The molecule has 0 unspecified atom stereocenters. The molecular formula is C14H19FN4O. The van der Waals surface area contributed by atoms with Crippen molar-refractivity contribution in [1.29, 1.82) is 0 Å². The molecule has 2 aromatic rings. The van der Waals surface area contributed by atoms with Gasteiger partial charge >= 0.3 is 0 Å². The minimum atomic E-state index is -0.138. The minimum absolute atomic E-state index is 0.0460. The second kappa shape index (κ2) is 6.58. The first-order chi connectivity index (χ1) is 9.60. The summed E-state index contributed by atoms with van der Waals surface area (Å²) in [6, 6.07) is 3.69. The van der Waals surface area contributed by atoms with Crippen molar-refractivity contribution < 1.29 is 9.50 Å². The first-order valence-electron chi connectivity index (χ1n) is 6.56. The van der Waals surface area contributed by atoms with Crippen LogP contribution in [-0.4, -0.2) is 26.7 Å². The summed E-state index contributed by atoms with van der Waals surface area (Å²) in [5, 5.41) is 19.9. The van der Waals surface area contributed by atoms with Crippen LogP contribution in [0.2, 0.25) is 0 Å². The highest BCUT2D eigenvalue weighted by molar-refractivity contribution is 5.30. The molecule has 20 heavy (non-hydrogen) atoms. The summed E-state index contributed by atoms with van der Waals surface area (Å²) < 4.78 is 15.1. The van der Waals surface area contributed by atoms with E-state index in [9.17, 15) is 4.39 Å². The van der Waals surface area contributed by atoms with Crippen LogP contribution in [0.1, 0.15) is 22.4 Å². The van der Waals surface area contributed by atoms with Gasteiger partial charge in [0.05, 0.1) is 18.8 Å². The highest BCUT2D eigenvalue weighted by Crippen LogP contribution is 2.14. The average molecular weight is 278 g/mol. The van der Waals surface area contributed by atoms with Crippen molar-refractivity contribution in [2.45, 2.75) is 33.5 Å². The monoisotopic (exact) mass is 278 g/mol. The lowest BCUT2D eigenvalue weighted by molar-refractivity contribution is 0.268. The third-order valence-corrected chi connectivity index (χ3v) is 3.05. The van der Waals surface area contributed by atoms with E-state index in [0.29, 0.717) is 30.8 Å². The summed E-state index contributed by atoms with van der Waals surface area (Å²) in [6.45, 7) is 5.27. The van der Waals surface area contributed by atoms with Crippen molar-refractivity contribution in [3.63, 3.8) is 0 Å². The zero-order valence-corrected chi connectivity index (χ0v) is 11.7. The van der Waals surface area contributed by atoms with Gasteiger partial charge in [-0.3, -0.25) is 0 Å². The third kappa shape index (κ3) is 3.61. The van der Waals surface area contributed by atoms with E-state index in [1.165, 1.54) is 0 Å². The molecule has 2 N–H and O–H groups in total. The average Bonchev–Trinajstić information content (AvgIpc) is 2.84. The molecule has 0 aliphatic heterocycles. The van der Waals surface area contributed by atoms with Gasteiger partial charge in [0.25, 0.3) is 0 Å². The molecule has 2 rings (SSSR count). The van der Waals surface area contributed by atoms with Gasteiger partial charge in [0.2, 0.25) is 0 Å². The zero-order valence-electron chi connectivity index (χ0n) is 11.7. The van der Waals surface area contributed by atoms with Crippen LogP contribution in [0.15, 0.2) is 18.3 Å². The molecule has 0 spiro atoms. The van der Waals surface area contributed by atoms with Gasteiger partial charge in [0.1, 0.15) is 5.82 Å². The Bertz CT molecular complexity index is 559. The second-order valence-corrected chi connectivity index (χ2v) is 4.84. The third-order valence-electron chi connectivity index (χ3n) is 3.05. The van der Waals surface area contributed by atoms with E-state index in [2.05, 4.69) is 15.6 Å². The lowest BCUT2D eigenvalue weighted by Crippen LogP contribution is -2.13. The number of halogens is 1. The first kappa shape index (κ1) is 14.6. The SMILES string of the molecule is Cc1cc(CNCc2cn(CCO)nn2)cc(C)c1F. The molecule has 1 aromatic heterocycles. The number of aryl methyl sites for hydroxylation is 2. The fraction of sp³-hybridized carbons (Fsp3) is 0.429. The van der Waals surface area contributed by atoms with Crippen LogP contribution in [-0.2, 0) is 19.6 Å². The van der Waals surface area contributed by atoms with Crippen molar-refractivity contribution in [2.24, 2.45) is 0 Å². The van der Waals surface area contributed by atoms with E-state index in [1.807, 2.05) is 12.1 Å². The van der Waals surface area contributed by atoms with Crippen LogP contribution in [0.5, 0.6) is 0 Å². The minimum Gasteiger partial charge on any atom is -0.394 e. The van der Waals surface area contributed by atoms with Crippen molar-refractivity contribution in [3.05, 3.63) is 46.5 Å². The van der Waals surface area contributed by atoms with Crippen LogP contribution >= 0.6 is 0 Å². The molecule has 6 heteroatoms. The summed E-state index contributed by atoms with van der Waals surface area (Å²) >= 11 is 0. The number of aliphatic hydroxyl groups excluding tert-OH is 1. The van der Waals surface area contributed by atoms with Crippen LogP contribution in [0.3, 0.4) is 0 Å². The Labute approximate surface area is 117 Å². The van der Waals surface area contributed by atoms with Crippen LogP contribution < -0.4 is 5.32 Å². The number of aromatic nitrogens is 3. The molecule has 0 fully saturated rings. The number of nitrogens with zero attached hydrogens (tertiary/aromatic N) is 3. The topological polar surface area (TPSA) is 63.0 Å². The van der Waals surface area contributed by atoms with Gasteiger partial charge in [-0.15, -0.1) is 5.10 Å². The largest absolute Gasteiger partial charge is 0.394 e. The van der Waals surface area contributed by atoms with Gasteiger partial charge < -0.3 is 10.4 Å². The maximum atomic E-state index is 13.5. The summed E-state index contributed by atoms with van der Waals surface area (Å²) in [5.74, 6) is -0.138. The molecule has 0 aliphatic carbocycles. The zero-order chi connectivity index (χ0) is 14.5. The van der Waals surface area contributed by atoms with E-state index in [0.717, 1.165) is 11.3 Å². The van der Waals surface area contributed by atoms with Crippen LogP contribution in [0.25, 0.3) is 0 Å². The molecule has 0 radical (unpaired) electrons. The molecular weight excluding hydrogens is 259 g/mol. The Morgan fingerprint density at radius 3 is 2.60 bits per heavy atom. The lowest BCUT2D eigenvalue weighted by Gasteiger charge is -2.07. The molecule has 0 amide bonds. The fourth-order valence-corrected chi connectivity index (χ4v) is 2.10. The summed E-state index contributed by atoms with van der Waals surface area (Å²) in [6.07, 6.45) is 1.80. The molecule has 0 saturated heterocycles. The summed E-state index contributed by atoms with van der Waals surface area (Å²) in [7, 11) is 0. The van der Waals surface area contributed by atoms with Gasteiger partial charge in [-0.1, -0.05) is 17.3 Å². The van der Waals surface area contributed by atoms with Crippen LogP contribution in [0, 0.1) is 19.7 Å². The molecule has 0 saturated carbocycles. The van der Waals surface area contributed by atoms with Gasteiger partial charge in [0, 0.05) is 19.3 Å². The number of rotatable bonds is 6.